The van der Waals surface area contributed by atoms with Gasteiger partial charge in [0, 0.05) is 12.2 Å². The Hall–Kier alpha value is -2.60. The lowest BCUT2D eigenvalue weighted by Crippen LogP contribution is -2.39. The van der Waals surface area contributed by atoms with Crippen molar-refractivity contribution in [3.05, 3.63) is 63.6 Å². The Morgan fingerprint density at radius 3 is 2.58 bits per heavy atom. The number of nitrogens with zero attached hydrogens (tertiary/aromatic N) is 1. The molecule has 0 aliphatic carbocycles. The van der Waals surface area contributed by atoms with Crippen molar-refractivity contribution in [2.75, 3.05) is 26.7 Å². The molecule has 0 fully saturated rings. The number of benzene rings is 1. The number of nitrogens with one attached hydrogen (secondary N) is 2. The van der Waals surface area contributed by atoms with E-state index in [1.54, 1.807) is 26.2 Å². The first-order valence-corrected chi connectivity index (χ1v) is 8.86. The van der Waals surface area contributed by atoms with E-state index in [4.69, 9.17) is 4.74 Å². The minimum atomic E-state index is -0.372. The van der Waals surface area contributed by atoms with Crippen molar-refractivity contribution in [3.63, 3.8) is 0 Å². The SMILES string of the molecule is CCN(CC)C(CNC(=O)c1ccc(C)[nH]c1=O)c1cccc(OC)c1. The average molecular weight is 357 g/mol. The van der Waals surface area contributed by atoms with E-state index in [1.807, 2.05) is 24.3 Å². The van der Waals surface area contributed by atoms with Crippen molar-refractivity contribution in [1.29, 1.82) is 0 Å². The van der Waals surface area contributed by atoms with Crippen LogP contribution in [0.5, 0.6) is 5.75 Å². The van der Waals surface area contributed by atoms with E-state index in [1.165, 1.54) is 0 Å². The van der Waals surface area contributed by atoms with Crippen molar-refractivity contribution < 1.29 is 9.53 Å². The molecule has 0 radical (unpaired) electrons. The minimum absolute atomic E-state index is 0.00594. The van der Waals surface area contributed by atoms with Gasteiger partial charge in [0.15, 0.2) is 0 Å². The predicted octanol–water partition coefficient (Wildman–Crippen LogP) is 2.50. The molecule has 0 bridgehead atoms. The molecule has 6 nitrogen and oxygen atoms in total. The standard InChI is InChI=1S/C20H27N3O3/c1-5-23(6-2)18(15-8-7-9-16(12-15)26-4)13-21-19(24)17-11-10-14(3)22-20(17)25/h7-12,18H,5-6,13H2,1-4H3,(H,21,24)(H,22,25). The molecule has 140 valence electrons. The van der Waals surface area contributed by atoms with Gasteiger partial charge in [0.25, 0.3) is 11.5 Å². The highest BCUT2D eigenvalue weighted by Gasteiger charge is 2.20. The second-order valence-electron chi connectivity index (χ2n) is 6.11. The van der Waals surface area contributed by atoms with E-state index in [9.17, 15) is 9.59 Å². The molecule has 0 saturated heterocycles. The molecule has 1 unspecified atom stereocenters. The van der Waals surface area contributed by atoms with Gasteiger partial charge in [-0.25, -0.2) is 0 Å². The van der Waals surface area contributed by atoms with Crippen LogP contribution in [0, 0.1) is 6.92 Å². The van der Waals surface area contributed by atoms with E-state index in [0.717, 1.165) is 30.1 Å². The highest BCUT2D eigenvalue weighted by molar-refractivity contribution is 5.93. The summed E-state index contributed by atoms with van der Waals surface area (Å²) in [6, 6.07) is 11.1. The quantitative estimate of drug-likeness (QED) is 0.761. The van der Waals surface area contributed by atoms with Crippen LogP contribution in [0.4, 0.5) is 0 Å². The summed E-state index contributed by atoms with van der Waals surface area (Å²) < 4.78 is 5.32. The molecule has 1 atom stereocenters. The highest BCUT2D eigenvalue weighted by atomic mass is 16.5. The van der Waals surface area contributed by atoms with Crippen LogP contribution in [0.1, 0.15) is 41.5 Å². The maximum atomic E-state index is 12.5. The lowest BCUT2D eigenvalue weighted by molar-refractivity contribution is 0.0933. The third-order valence-corrected chi connectivity index (χ3v) is 4.49. The zero-order valence-electron chi connectivity index (χ0n) is 15.8. The molecular weight excluding hydrogens is 330 g/mol. The monoisotopic (exact) mass is 357 g/mol. The van der Waals surface area contributed by atoms with Gasteiger partial charge in [-0.2, -0.15) is 0 Å². The topological polar surface area (TPSA) is 74.4 Å². The van der Waals surface area contributed by atoms with Gasteiger partial charge in [0.2, 0.25) is 0 Å². The lowest BCUT2D eigenvalue weighted by Gasteiger charge is -2.30. The van der Waals surface area contributed by atoms with Crippen molar-refractivity contribution in [3.8, 4) is 5.75 Å². The number of hydrogen-bond donors (Lipinski definition) is 2. The smallest absolute Gasteiger partial charge is 0.260 e. The Bertz CT molecular complexity index is 797. The molecule has 6 heteroatoms. The Morgan fingerprint density at radius 2 is 1.96 bits per heavy atom. The summed E-state index contributed by atoms with van der Waals surface area (Å²) in [6.07, 6.45) is 0. The Morgan fingerprint density at radius 1 is 1.23 bits per heavy atom. The maximum Gasteiger partial charge on any atom is 0.260 e. The maximum absolute atomic E-state index is 12.5. The Kier molecular flexibility index (Phi) is 6.97. The van der Waals surface area contributed by atoms with Gasteiger partial charge in [-0.3, -0.25) is 14.5 Å². The van der Waals surface area contributed by atoms with Crippen LogP contribution in [0.25, 0.3) is 0 Å². The predicted molar refractivity (Wildman–Crippen MR) is 103 cm³/mol. The summed E-state index contributed by atoms with van der Waals surface area (Å²) in [5.74, 6) is 0.410. The number of likely N-dealkylation sites (N-methyl/N-ethyl adjacent to an activating group) is 1. The first-order valence-electron chi connectivity index (χ1n) is 8.86. The molecule has 1 heterocycles. The second kappa shape index (κ2) is 9.20. The van der Waals surface area contributed by atoms with Crippen LogP contribution >= 0.6 is 0 Å². The van der Waals surface area contributed by atoms with E-state index in [0.29, 0.717) is 6.54 Å². The minimum Gasteiger partial charge on any atom is -0.497 e. The fourth-order valence-corrected chi connectivity index (χ4v) is 3.01. The van der Waals surface area contributed by atoms with Gasteiger partial charge in [-0.05, 0) is 49.8 Å². The van der Waals surface area contributed by atoms with Crippen LogP contribution in [-0.2, 0) is 0 Å². The number of methoxy groups -OCH3 is 1. The van der Waals surface area contributed by atoms with Gasteiger partial charge in [0.05, 0.1) is 13.2 Å². The number of amides is 1. The van der Waals surface area contributed by atoms with Gasteiger partial charge in [-0.1, -0.05) is 26.0 Å². The number of aromatic amines is 1. The summed E-state index contributed by atoms with van der Waals surface area (Å²) >= 11 is 0. The van der Waals surface area contributed by atoms with Gasteiger partial charge < -0.3 is 15.0 Å². The molecular formula is C20H27N3O3. The van der Waals surface area contributed by atoms with Crippen molar-refractivity contribution >= 4 is 5.91 Å². The van der Waals surface area contributed by atoms with Crippen molar-refractivity contribution in [2.24, 2.45) is 0 Å². The molecule has 0 aliphatic heterocycles. The summed E-state index contributed by atoms with van der Waals surface area (Å²) in [6.45, 7) is 8.05. The summed E-state index contributed by atoms with van der Waals surface area (Å²) in [5, 5.41) is 2.90. The van der Waals surface area contributed by atoms with Crippen molar-refractivity contribution in [1.82, 2.24) is 15.2 Å². The van der Waals surface area contributed by atoms with Crippen LogP contribution in [0.15, 0.2) is 41.2 Å². The zero-order chi connectivity index (χ0) is 19.1. The number of H-pyrrole nitrogens is 1. The largest absolute Gasteiger partial charge is 0.497 e. The number of rotatable bonds is 8. The average Bonchev–Trinajstić information content (AvgIpc) is 2.65. The molecule has 1 aromatic carbocycles. The second-order valence-corrected chi connectivity index (χ2v) is 6.11. The summed E-state index contributed by atoms with van der Waals surface area (Å²) in [7, 11) is 1.64. The highest BCUT2D eigenvalue weighted by Crippen LogP contribution is 2.23. The fraction of sp³-hybridized carbons (Fsp3) is 0.400. The lowest BCUT2D eigenvalue weighted by atomic mass is 10.0. The van der Waals surface area contributed by atoms with E-state index < -0.39 is 0 Å². The number of carbonyl (C=O) groups is 1. The number of ether oxygens (including phenoxy) is 1. The summed E-state index contributed by atoms with van der Waals surface area (Å²) in [5.41, 5.74) is 1.54. The normalized spacial score (nSPS) is 12.0. The molecule has 2 rings (SSSR count). The Balaban J connectivity index is 2.21. The number of hydrogen-bond acceptors (Lipinski definition) is 4. The van der Waals surface area contributed by atoms with Gasteiger partial charge in [0.1, 0.15) is 11.3 Å². The molecule has 1 aromatic heterocycles. The first-order chi connectivity index (χ1) is 12.5. The third kappa shape index (κ3) is 4.73. The molecule has 2 N–H and O–H groups in total. The molecule has 0 spiro atoms. The van der Waals surface area contributed by atoms with Crippen LogP contribution in [0.2, 0.25) is 0 Å². The van der Waals surface area contributed by atoms with Crippen molar-refractivity contribution in [2.45, 2.75) is 26.8 Å². The van der Waals surface area contributed by atoms with Gasteiger partial charge >= 0.3 is 0 Å². The van der Waals surface area contributed by atoms with Crippen LogP contribution < -0.4 is 15.6 Å². The van der Waals surface area contributed by atoms with Crippen LogP contribution in [0.3, 0.4) is 0 Å². The fourth-order valence-electron chi connectivity index (χ4n) is 3.01. The molecule has 0 saturated carbocycles. The molecule has 1 amide bonds. The van der Waals surface area contributed by atoms with E-state index in [-0.39, 0.29) is 23.1 Å². The molecule has 0 aliphatic rings. The van der Waals surface area contributed by atoms with Gasteiger partial charge in [-0.15, -0.1) is 0 Å². The summed E-state index contributed by atoms with van der Waals surface area (Å²) in [4.78, 5) is 29.4. The van der Waals surface area contributed by atoms with E-state index in [2.05, 4.69) is 29.0 Å². The zero-order valence-corrected chi connectivity index (χ0v) is 15.8. The molecule has 26 heavy (non-hydrogen) atoms. The van der Waals surface area contributed by atoms with E-state index >= 15 is 0 Å². The number of pyridine rings is 1. The number of aryl methyl sites for hydroxylation is 1. The number of carbonyl (C=O) groups excluding carboxylic acids is 1. The van der Waals surface area contributed by atoms with Crippen LogP contribution in [-0.4, -0.2) is 42.5 Å². The number of aromatic nitrogens is 1. The Labute approximate surface area is 154 Å². The third-order valence-electron chi connectivity index (χ3n) is 4.49. The first kappa shape index (κ1) is 19.7. The molecule has 2 aromatic rings.